The molecule has 0 radical (unpaired) electrons. The predicted molar refractivity (Wildman–Crippen MR) is 107 cm³/mol. The minimum Gasteiger partial charge on any atom is -0.494 e. The topological polar surface area (TPSA) is 58.6 Å². The Hall–Kier alpha value is -3.08. The summed E-state index contributed by atoms with van der Waals surface area (Å²) >= 11 is 0. The van der Waals surface area contributed by atoms with Crippen LogP contribution in [-0.2, 0) is 16.1 Å². The van der Waals surface area contributed by atoms with Crippen LogP contribution in [-0.4, -0.2) is 36.4 Å². The second-order valence-corrected chi connectivity index (χ2v) is 6.25. The number of rotatable bonds is 8. The standard InChI is InChI=1S/C22H26N2O3/c1-4-27-20-13-10-19(11-14-20)16-24(3)22(26)17(2)23-21(25)15-12-18-8-6-5-7-9-18/h5-15,17H,4,16H2,1-3H3,(H,23,25)/b15-12+. The van der Waals surface area contributed by atoms with Crippen molar-refractivity contribution >= 4 is 17.9 Å². The molecule has 0 aliphatic rings. The molecule has 1 atom stereocenters. The number of nitrogens with zero attached hydrogens (tertiary/aromatic N) is 1. The van der Waals surface area contributed by atoms with Gasteiger partial charge >= 0.3 is 0 Å². The third kappa shape index (κ3) is 6.62. The van der Waals surface area contributed by atoms with E-state index in [0.29, 0.717) is 13.2 Å². The van der Waals surface area contributed by atoms with Crippen molar-refractivity contribution in [3.63, 3.8) is 0 Å². The van der Waals surface area contributed by atoms with Crippen LogP contribution in [0.25, 0.3) is 6.08 Å². The van der Waals surface area contributed by atoms with E-state index in [1.165, 1.54) is 6.08 Å². The lowest BCUT2D eigenvalue weighted by molar-refractivity contribution is -0.134. The third-order valence-corrected chi connectivity index (χ3v) is 3.99. The molecule has 0 aromatic heterocycles. The molecule has 2 rings (SSSR count). The van der Waals surface area contributed by atoms with Crippen LogP contribution in [0.2, 0.25) is 0 Å². The number of nitrogens with one attached hydrogen (secondary N) is 1. The molecule has 2 aromatic carbocycles. The fourth-order valence-corrected chi connectivity index (χ4v) is 2.60. The molecule has 0 heterocycles. The van der Waals surface area contributed by atoms with Gasteiger partial charge in [0.05, 0.1) is 6.61 Å². The molecule has 5 nitrogen and oxygen atoms in total. The predicted octanol–water partition coefficient (Wildman–Crippen LogP) is 3.26. The Bertz CT molecular complexity index is 770. The second-order valence-electron chi connectivity index (χ2n) is 6.25. The number of ether oxygens (including phenoxy) is 1. The lowest BCUT2D eigenvalue weighted by Crippen LogP contribution is -2.44. The lowest BCUT2D eigenvalue weighted by Gasteiger charge is -2.22. The lowest BCUT2D eigenvalue weighted by atomic mass is 10.2. The van der Waals surface area contributed by atoms with Gasteiger partial charge in [-0.1, -0.05) is 42.5 Å². The third-order valence-electron chi connectivity index (χ3n) is 3.99. The highest BCUT2D eigenvalue weighted by Gasteiger charge is 2.18. The van der Waals surface area contributed by atoms with Gasteiger partial charge in [-0.25, -0.2) is 0 Å². The SMILES string of the molecule is CCOc1ccc(CN(C)C(=O)C(C)NC(=O)/C=C/c2ccccc2)cc1. The molecule has 0 saturated carbocycles. The highest BCUT2D eigenvalue weighted by Crippen LogP contribution is 2.13. The molecule has 0 spiro atoms. The van der Waals surface area contributed by atoms with Crippen molar-refractivity contribution < 1.29 is 14.3 Å². The summed E-state index contributed by atoms with van der Waals surface area (Å²) in [4.78, 5) is 26.1. The van der Waals surface area contributed by atoms with Crippen molar-refractivity contribution in [3.05, 3.63) is 71.8 Å². The maximum Gasteiger partial charge on any atom is 0.244 e. The van der Waals surface area contributed by atoms with E-state index in [4.69, 9.17) is 4.74 Å². The van der Waals surface area contributed by atoms with Crippen molar-refractivity contribution in [2.45, 2.75) is 26.4 Å². The van der Waals surface area contributed by atoms with Crippen LogP contribution in [0.1, 0.15) is 25.0 Å². The van der Waals surface area contributed by atoms with Crippen LogP contribution in [0.5, 0.6) is 5.75 Å². The van der Waals surface area contributed by atoms with Crippen molar-refractivity contribution in [1.29, 1.82) is 0 Å². The summed E-state index contributed by atoms with van der Waals surface area (Å²) in [5.74, 6) is 0.362. The van der Waals surface area contributed by atoms with Gasteiger partial charge in [-0.05, 0) is 43.2 Å². The molecule has 2 aromatic rings. The van der Waals surface area contributed by atoms with Crippen molar-refractivity contribution in [1.82, 2.24) is 10.2 Å². The van der Waals surface area contributed by atoms with Gasteiger partial charge in [0, 0.05) is 19.7 Å². The molecule has 0 aliphatic carbocycles. The van der Waals surface area contributed by atoms with E-state index in [-0.39, 0.29) is 11.8 Å². The summed E-state index contributed by atoms with van der Waals surface area (Å²) in [6, 6.07) is 16.6. The fourth-order valence-electron chi connectivity index (χ4n) is 2.60. The molecule has 2 amide bonds. The molecular weight excluding hydrogens is 340 g/mol. The molecule has 0 aliphatic heterocycles. The van der Waals surface area contributed by atoms with E-state index in [1.54, 1.807) is 24.9 Å². The summed E-state index contributed by atoms with van der Waals surface area (Å²) in [5, 5.41) is 2.71. The molecule has 0 fully saturated rings. The molecule has 0 bridgehead atoms. The highest BCUT2D eigenvalue weighted by atomic mass is 16.5. The molecule has 27 heavy (non-hydrogen) atoms. The van der Waals surface area contributed by atoms with Crippen molar-refractivity contribution in [2.24, 2.45) is 0 Å². The number of likely N-dealkylation sites (N-methyl/N-ethyl adjacent to an activating group) is 1. The Morgan fingerprint density at radius 2 is 1.78 bits per heavy atom. The van der Waals surface area contributed by atoms with E-state index in [1.807, 2.05) is 61.5 Å². The van der Waals surface area contributed by atoms with Crippen LogP contribution >= 0.6 is 0 Å². The molecule has 1 unspecified atom stereocenters. The van der Waals surface area contributed by atoms with E-state index < -0.39 is 6.04 Å². The molecular formula is C22H26N2O3. The highest BCUT2D eigenvalue weighted by molar-refractivity contribution is 5.95. The normalized spacial score (nSPS) is 11.8. The number of hydrogen-bond acceptors (Lipinski definition) is 3. The van der Waals surface area contributed by atoms with Gasteiger partial charge in [0.1, 0.15) is 11.8 Å². The Morgan fingerprint density at radius 1 is 1.11 bits per heavy atom. The van der Waals surface area contributed by atoms with Crippen LogP contribution in [0.4, 0.5) is 0 Å². The Balaban J connectivity index is 1.85. The minimum atomic E-state index is -0.606. The summed E-state index contributed by atoms with van der Waals surface area (Å²) in [6.07, 6.45) is 3.15. The Kier molecular flexibility index (Phi) is 7.62. The summed E-state index contributed by atoms with van der Waals surface area (Å²) in [5.41, 5.74) is 1.93. The zero-order valence-corrected chi connectivity index (χ0v) is 16.0. The molecule has 1 N–H and O–H groups in total. The summed E-state index contributed by atoms with van der Waals surface area (Å²) in [7, 11) is 1.72. The Labute approximate surface area is 160 Å². The average Bonchev–Trinajstić information content (AvgIpc) is 2.68. The first kappa shape index (κ1) is 20.2. The van der Waals surface area contributed by atoms with Gasteiger partial charge < -0.3 is 15.0 Å². The van der Waals surface area contributed by atoms with Gasteiger partial charge in [0.15, 0.2) is 0 Å². The zero-order valence-electron chi connectivity index (χ0n) is 16.0. The number of benzene rings is 2. The van der Waals surface area contributed by atoms with E-state index in [9.17, 15) is 9.59 Å². The van der Waals surface area contributed by atoms with Gasteiger partial charge in [-0.2, -0.15) is 0 Å². The first-order valence-electron chi connectivity index (χ1n) is 9.00. The second kappa shape index (κ2) is 10.2. The van der Waals surface area contributed by atoms with Crippen LogP contribution in [0.15, 0.2) is 60.7 Å². The number of carbonyl (C=O) groups excluding carboxylic acids is 2. The summed E-state index contributed by atoms with van der Waals surface area (Å²) in [6.45, 7) is 4.70. The molecule has 0 saturated heterocycles. The monoisotopic (exact) mass is 366 g/mol. The van der Waals surface area contributed by atoms with E-state index in [2.05, 4.69) is 5.32 Å². The summed E-state index contributed by atoms with van der Waals surface area (Å²) < 4.78 is 5.42. The number of hydrogen-bond donors (Lipinski definition) is 1. The fraction of sp³-hybridized carbons (Fsp3) is 0.273. The van der Waals surface area contributed by atoms with Gasteiger partial charge in [0.2, 0.25) is 11.8 Å². The number of carbonyl (C=O) groups is 2. The smallest absolute Gasteiger partial charge is 0.244 e. The molecule has 5 heteroatoms. The average molecular weight is 366 g/mol. The molecule has 142 valence electrons. The quantitative estimate of drug-likeness (QED) is 0.730. The Morgan fingerprint density at radius 3 is 2.41 bits per heavy atom. The van der Waals surface area contributed by atoms with E-state index >= 15 is 0 Å². The van der Waals surface area contributed by atoms with Crippen LogP contribution in [0.3, 0.4) is 0 Å². The zero-order chi connectivity index (χ0) is 19.6. The maximum absolute atomic E-state index is 12.5. The van der Waals surface area contributed by atoms with E-state index in [0.717, 1.165) is 16.9 Å². The van der Waals surface area contributed by atoms with Gasteiger partial charge in [-0.15, -0.1) is 0 Å². The first-order chi connectivity index (χ1) is 13.0. The minimum absolute atomic E-state index is 0.148. The van der Waals surface area contributed by atoms with Crippen molar-refractivity contribution in [2.75, 3.05) is 13.7 Å². The van der Waals surface area contributed by atoms with Gasteiger partial charge in [-0.3, -0.25) is 9.59 Å². The van der Waals surface area contributed by atoms with Crippen LogP contribution < -0.4 is 10.1 Å². The number of amides is 2. The largest absolute Gasteiger partial charge is 0.494 e. The van der Waals surface area contributed by atoms with Crippen LogP contribution in [0, 0.1) is 0 Å². The van der Waals surface area contributed by atoms with Crippen molar-refractivity contribution in [3.8, 4) is 5.75 Å². The van der Waals surface area contributed by atoms with Gasteiger partial charge in [0.25, 0.3) is 0 Å². The maximum atomic E-state index is 12.5. The first-order valence-corrected chi connectivity index (χ1v) is 9.00.